The van der Waals surface area contributed by atoms with E-state index in [9.17, 15) is 9.90 Å². The summed E-state index contributed by atoms with van der Waals surface area (Å²) >= 11 is 0. The van der Waals surface area contributed by atoms with Crippen LogP contribution in [0, 0.1) is 5.41 Å². The molecule has 1 aliphatic carbocycles. The molecule has 0 radical (unpaired) electrons. The van der Waals surface area contributed by atoms with Gasteiger partial charge in [-0.2, -0.15) is 0 Å². The number of hydrogen-bond donors (Lipinski definition) is 1. The zero-order valence-corrected chi connectivity index (χ0v) is 19.0. The van der Waals surface area contributed by atoms with E-state index in [0.717, 1.165) is 69.1 Å². The van der Waals surface area contributed by atoms with Crippen LogP contribution < -0.4 is 4.90 Å². The SMILES string of the molecule is CC1C(=O)N(CCCN2CCC3(CC3)C(O)C2)CCN1c1cccc(-c2ccccn2)c1. The number of β-amino-alcohol motifs (C(OH)–C–C–N with tert-alkyl or cyclic N) is 1. The molecule has 1 amide bonds. The van der Waals surface area contributed by atoms with Crippen molar-refractivity contribution in [3.05, 3.63) is 48.7 Å². The van der Waals surface area contributed by atoms with Gasteiger partial charge in [0.05, 0.1) is 11.8 Å². The summed E-state index contributed by atoms with van der Waals surface area (Å²) in [7, 11) is 0. The summed E-state index contributed by atoms with van der Waals surface area (Å²) in [5, 5.41) is 10.4. The van der Waals surface area contributed by atoms with Crippen LogP contribution in [0.5, 0.6) is 0 Å². The maximum Gasteiger partial charge on any atom is 0.245 e. The monoisotopic (exact) mass is 434 g/mol. The van der Waals surface area contributed by atoms with Crippen molar-refractivity contribution in [2.24, 2.45) is 5.41 Å². The Balaban J connectivity index is 1.15. The second kappa shape index (κ2) is 8.83. The van der Waals surface area contributed by atoms with Crippen molar-refractivity contribution >= 4 is 11.6 Å². The first kappa shape index (κ1) is 21.4. The Kier molecular flexibility index (Phi) is 5.91. The number of amides is 1. The van der Waals surface area contributed by atoms with Gasteiger partial charge in [0.2, 0.25) is 5.91 Å². The van der Waals surface area contributed by atoms with E-state index in [1.807, 2.05) is 42.3 Å². The number of aromatic nitrogens is 1. The summed E-state index contributed by atoms with van der Waals surface area (Å²) < 4.78 is 0. The summed E-state index contributed by atoms with van der Waals surface area (Å²) in [6, 6.07) is 14.1. The Morgan fingerprint density at radius 3 is 2.69 bits per heavy atom. The van der Waals surface area contributed by atoms with Gasteiger partial charge in [0, 0.05) is 43.6 Å². The molecule has 2 aromatic rings. The number of carbonyl (C=O) groups is 1. The third-order valence-corrected chi connectivity index (χ3v) is 7.74. The highest BCUT2D eigenvalue weighted by atomic mass is 16.3. The standard InChI is InChI=1S/C26H34N4O2/c1-20-25(32)29(14-5-13-28-15-11-26(9-10-26)24(31)19-28)16-17-30(20)22-7-4-6-21(18-22)23-8-2-3-12-27-23/h2-4,6-8,12,18,20,24,31H,5,9-11,13-17,19H2,1H3. The maximum atomic E-state index is 13.1. The molecular weight excluding hydrogens is 400 g/mol. The molecule has 2 atom stereocenters. The fourth-order valence-electron chi connectivity index (χ4n) is 5.39. The van der Waals surface area contributed by atoms with Crippen LogP contribution in [0.4, 0.5) is 5.69 Å². The van der Waals surface area contributed by atoms with Gasteiger partial charge in [-0.3, -0.25) is 9.78 Å². The summed E-state index contributed by atoms with van der Waals surface area (Å²) in [6.45, 7) is 7.24. The predicted octanol–water partition coefficient (Wildman–Crippen LogP) is 3.02. The number of aliphatic hydroxyl groups is 1. The first-order valence-corrected chi connectivity index (χ1v) is 12.0. The van der Waals surface area contributed by atoms with E-state index in [1.54, 1.807) is 0 Å². The number of piperazine rings is 1. The normalized spacial score (nSPS) is 25.4. The molecule has 170 valence electrons. The molecule has 5 rings (SSSR count). The number of piperidine rings is 1. The number of rotatable bonds is 6. The van der Waals surface area contributed by atoms with Crippen molar-refractivity contribution < 1.29 is 9.90 Å². The summed E-state index contributed by atoms with van der Waals surface area (Å²) in [5.74, 6) is 0.204. The van der Waals surface area contributed by atoms with E-state index in [0.29, 0.717) is 0 Å². The van der Waals surface area contributed by atoms with Gasteiger partial charge in [0.15, 0.2) is 0 Å². The van der Waals surface area contributed by atoms with Crippen LogP contribution in [0.15, 0.2) is 48.7 Å². The zero-order chi connectivity index (χ0) is 22.1. The highest BCUT2D eigenvalue weighted by Crippen LogP contribution is 2.53. The van der Waals surface area contributed by atoms with Gasteiger partial charge in [-0.1, -0.05) is 18.2 Å². The second-order valence-electron chi connectivity index (χ2n) is 9.74. The molecular formula is C26H34N4O2. The van der Waals surface area contributed by atoms with Crippen molar-refractivity contribution in [2.75, 3.05) is 44.2 Å². The number of nitrogens with zero attached hydrogens (tertiary/aromatic N) is 4. The molecule has 2 aliphatic heterocycles. The Hall–Kier alpha value is -2.44. The number of hydrogen-bond acceptors (Lipinski definition) is 5. The third-order valence-electron chi connectivity index (χ3n) is 7.74. The highest BCUT2D eigenvalue weighted by Gasteiger charge is 2.51. The summed E-state index contributed by atoms with van der Waals surface area (Å²) in [5.41, 5.74) is 3.35. The molecule has 0 bridgehead atoms. The van der Waals surface area contributed by atoms with Gasteiger partial charge in [-0.05, 0) is 75.4 Å². The number of aliphatic hydroxyl groups excluding tert-OH is 1. The van der Waals surface area contributed by atoms with E-state index in [4.69, 9.17) is 0 Å². The number of benzene rings is 1. The third kappa shape index (κ3) is 4.26. The average molecular weight is 435 g/mol. The molecule has 3 fully saturated rings. The van der Waals surface area contributed by atoms with Crippen molar-refractivity contribution in [1.29, 1.82) is 0 Å². The quantitative estimate of drug-likeness (QED) is 0.757. The lowest BCUT2D eigenvalue weighted by Crippen LogP contribution is -2.56. The topological polar surface area (TPSA) is 59.9 Å². The van der Waals surface area contributed by atoms with Crippen LogP contribution in [0.3, 0.4) is 0 Å². The Morgan fingerprint density at radius 2 is 1.94 bits per heavy atom. The molecule has 1 aromatic heterocycles. The van der Waals surface area contributed by atoms with Crippen molar-refractivity contribution in [3.8, 4) is 11.3 Å². The molecule has 1 N–H and O–H groups in total. The van der Waals surface area contributed by atoms with Crippen molar-refractivity contribution in [3.63, 3.8) is 0 Å². The lowest BCUT2D eigenvalue weighted by Gasteiger charge is -2.41. The summed E-state index contributed by atoms with van der Waals surface area (Å²) in [6.07, 6.45) is 6.13. The molecule has 3 aliphatic rings. The van der Waals surface area contributed by atoms with Crippen LogP contribution in [-0.4, -0.2) is 77.2 Å². The van der Waals surface area contributed by atoms with Gasteiger partial charge >= 0.3 is 0 Å². The van der Waals surface area contributed by atoms with Gasteiger partial charge < -0.3 is 19.8 Å². The molecule has 1 spiro atoms. The second-order valence-corrected chi connectivity index (χ2v) is 9.74. The largest absolute Gasteiger partial charge is 0.391 e. The Bertz CT molecular complexity index is 946. The molecule has 2 saturated heterocycles. The molecule has 2 unspecified atom stereocenters. The zero-order valence-electron chi connectivity index (χ0n) is 19.0. The van der Waals surface area contributed by atoms with Crippen molar-refractivity contribution in [2.45, 2.75) is 44.8 Å². The first-order valence-electron chi connectivity index (χ1n) is 12.0. The fourth-order valence-corrected chi connectivity index (χ4v) is 5.39. The number of pyridine rings is 1. The van der Waals surface area contributed by atoms with E-state index >= 15 is 0 Å². The average Bonchev–Trinajstić information content (AvgIpc) is 3.61. The van der Waals surface area contributed by atoms with Gasteiger partial charge in [0.1, 0.15) is 6.04 Å². The molecule has 6 heteroatoms. The number of likely N-dealkylation sites (tertiary alicyclic amines) is 1. The van der Waals surface area contributed by atoms with Crippen LogP contribution in [0.1, 0.15) is 32.6 Å². The van der Waals surface area contributed by atoms with E-state index < -0.39 is 0 Å². The Labute approximate surface area is 190 Å². The predicted molar refractivity (Wildman–Crippen MR) is 126 cm³/mol. The summed E-state index contributed by atoms with van der Waals surface area (Å²) in [4.78, 5) is 24.2. The fraction of sp³-hybridized carbons (Fsp3) is 0.538. The van der Waals surface area contributed by atoms with Crippen LogP contribution in [-0.2, 0) is 4.79 Å². The highest BCUT2D eigenvalue weighted by molar-refractivity contribution is 5.86. The molecule has 1 saturated carbocycles. The minimum absolute atomic E-state index is 0.164. The number of anilines is 1. The van der Waals surface area contributed by atoms with Gasteiger partial charge in [-0.25, -0.2) is 0 Å². The molecule has 3 heterocycles. The molecule has 1 aromatic carbocycles. The smallest absolute Gasteiger partial charge is 0.245 e. The van der Waals surface area contributed by atoms with E-state index in [2.05, 4.69) is 33.0 Å². The molecule has 6 nitrogen and oxygen atoms in total. The minimum Gasteiger partial charge on any atom is -0.391 e. The molecule has 32 heavy (non-hydrogen) atoms. The van der Waals surface area contributed by atoms with E-state index in [1.165, 1.54) is 12.8 Å². The lowest BCUT2D eigenvalue weighted by molar-refractivity contribution is -0.134. The van der Waals surface area contributed by atoms with Gasteiger partial charge in [-0.15, -0.1) is 0 Å². The van der Waals surface area contributed by atoms with Gasteiger partial charge in [0.25, 0.3) is 0 Å². The van der Waals surface area contributed by atoms with E-state index in [-0.39, 0.29) is 23.5 Å². The van der Waals surface area contributed by atoms with Crippen molar-refractivity contribution in [1.82, 2.24) is 14.8 Å². The first-order chi connectivity index (χ1) is 15.6. The number of carbonyl (C=O) groups excluding carboxylic acids is 1. The van der Waals surface area contributed by atoms with Crippen LogP contribution in [0.25, 0.3) is 11.3 Å². The Morgan fingerprint density at radius 1 is 1.06 bits per heavy atom. The lowest BCUT2D eigenvalue weighted by atomic mass is 9.90. The minimum atomic E-state index is -0.172. The van der Waals surface area contributed by atoms with Crippen LogP contribution >= 0.6 is 0 Å². The van der Waals surface area contributed by atoms with Crippen LogP contribution in [0.2, 0.25) is 0 Å². The maximum absolute atomic E-state index is 13.1.